The molecule has 2 heterocycles. The fourth-order valence-electron chi connectivity index (χ4n) is 4.05. The van der Waals surface area contributed by atoms with Crippen LogP contribution in [0.2, 0.25) is 5.02 Å². The first kappa shape index (κ1) is 25.1. The summed E-state index contributed by atoms with van der Waals surface area (Å²) in [5, 5.41) is 0.722. The Balaban J connectivity index is 0.000000156. The highest BCUT2D eigenvalue weighted by Crippen LogP contribution is 2.26. The van der Waals surface area contributed by atoms with Gasteiger partial charge in [-0.2, -0.15) is 0 Å². The summed E-state index contributed by atoms with van der Waals surface area (Å²) in [6.45, 7) is 2.10. The van der Waals surface area contributed by atoms with Gasteiger partial charge in [-0.25, -0.2) is 9.97 Å². The number of rotatable bonds is 5. The lowest BCUT2D eigenvalue weighted by molar-refractivity contribution is 0.415. The lowest BCUT2D eigenvalue weighted by Crippen LogP contribution is -1.84. The number of benzene rings is 4. The van der Waals surface area contributed by atoms with E-state index in [1.807, 2.05) is 91.3 Å². The Morgan fingerprint density at radius 2 is 1.16 bits per heavy atom. The summed E-state index contributed by atoms with van der Waals surface area (Å²) < 4.78 is 5.15. The highest BCUT2D eigenvalue weighted by atomic mass is 35.5. The van der Waals surface area contributed by atoms with Crippen molar-refractivity contribution in [2.45, 2.75) is 6.92 Å². The maximum atomic E-state index is 5.89. The molecule has 6 rings (SSSR count). The number of aromatic nitrogens is 4. The van der Waals surface area contributed by atoms with Crippen molar-refractivity contribution in [3.8, 4) is 51.0 Å². The zero-order chi connectivity index (χ0) is 26.3. The third kappa shape index (κ3) is 5.85. The zero-order valence-electron chi connectivity index (χ0n) is 21.2. The number of hydrogen-bond acceptors (Lipinski definition) is 3. The molecule has 2 N–H and O–H groups in total. The van der Waals surface area contributed by atoms with E-state index < -0.39 is 0 Å². The van der Waals surface area contributed by atoms with Gasteiger partial charge in [0.15, 0.2) is 0 Å². The van der Waals surface area contributed by atoms with E-state index in [2.05, 4.69) is 51.1 Å². The van der Waals surface area contributed by atoms with Crippen LogP contribution in [0.5, 0.6) is 5.75 Å². The number of aryl methyl sites for hydroxylation is 1. The van der Waals surface area contributed by atoms with Gasteiger partial charge < -0.3 is 14.7 Å². The first-order valence-electron chi connectivity index (χ1n) is 12.2. The van der Waals surface area contributed by atoms with Crippen LogP contribution in [0.25, 0.3) is 45.3 Å². The maximum Gasteiger partial charge on any atom is 0.138 e. The van der Waals surface area contributed by atoms with Crippen LogP contribution in [0.4, 0.5) is 0 Å². The molecule has 0 aliphatic heterocycles. The first-order chi connectivity index (χ1) is 18.6. The predicted octanol–water partition coefficient (Wildman–Crippen LogP) is 8.46. The quantitative estimate of drug-likeness (QED) is 0.240. The lowest BCUT2D eigenvalue weighted by Gasteiger charge is -2.00. The molecule has 0 radical (unpaired) electrons. The van der Waals surface area contributed by atoms with Gasteiger partial charge in [0.05, 0.1) is 18.5 Å². The van der Waals surface area contributed by atoms with E-state index in [9.17, 15) is 0 Å². The highest BCUT2D eigenvalue weighted by molar-refractivity contribution is 6.30. The second kappa shape index (κ2) is 11.6. The van der Waals surface area contributed by atoms with Crippen LogP contribution in [0.3, 0.4) is 0 Å². The molecule has 5 nitrogen and oxygen atoms in total. The van der Waals surface area contributed by atoms with E-state index in [0.717, 1.165) is 50.5 Å². The molecule has 0 amide bonds. The Kier molecular flexibility index (Phi) is 7.67. The smallest absolute Gasteiger partial charge is 0.138 e. The zero-order valence-corrected chi connectivity index (χ0v) is 21.9. The van der Waals surface area contributed by atoms with Crippen LogP contribution in [0.15, 0.2) is 116 Å². The molecule has 4 aromatic carbocycles. The van der Waals surface area contributed by atoms with E-state index in [4.69, 9.17) is 16.3 Å². The minimum absolute atomic E-state index is 0.722. The molecular weight excluding hydrogens is 492 g/mol. The monoisotopic (exact) mass is 518 g/mol. The SMILES string of the molecule is COc1ccc(-c2nc(-c3ccc(Cl)cc3)c[nH]2)cc1.Cc1ccccc1-c1c[nH]c(-c2ccccc2)n1. The molecule has 0 fully saturated rings. The Labute approximate surface area is 227 Å². The molecule has 0 atom stereocenters. The van der Waals surface area contributed by atoms with Gasteiger partial charge in [0.2, 0.25) is 0 Å². The van der Waals surface area contributed by atoms with Crippen LogP contribution >= 0.6 is 11.6 Å². The van der Waals surface area contributed by atoms with E-state index in [-0.39, 0.29) is 0 Å². The van der Waals surface area contributed by atoms with E-state index in [1.165, 1.54) is 11.1 Å². The second-order valence-corrected chi connectivity index (χ2v) is 9.12. The number of aromatic amines is 2. The highest BCUT2D eigenvalue weighted by Gasteiger charge is 2.08. The summed E-state index contributed by atoms with van der Waals surface area (Å²) in [5.41, 5.74) is 7.47. The summed E-state index contributed by atoms with van der Waals surface area (Å²) >= 11 is 5.89. The molecule has 0 saturated carbocycles. The summed E-state index contributed by atoms with van der Waals surface area (Å²) in [5.74, 6) is 2.57. The summed E-state index contributed by atoms with van der Waals surface area (Å²) in [6, 6.07) is 33.9. The van der Waals surface area contributed by atoms with Gasteiger partial charge in [0.1, 0.15) is 17.4 Å². The molecule has 0 unspecified atom stereocenters. The third-order valence-corrected chi connectivity index (χ3v) is 6.38. The fraction of sp³-hybridized carbons (Fsp3) is 0.0625. The minimum Gasteiger partial charge on any atom is -0.497 e. The van der Waals surface area contributed by atoms with Crippen molar-refractivity contribution < 1.29 is 4.74 Å². The van der Waals surface area contributed by atoms with Gasteiger partial charge >= 0.3 is 0 Å². The number of nitrogens with one attached hydrogen (secondary N) is 2. The third-order valence-electron chi connectivity index (χ3n) is 6.13. The minimum atomic E-state index is 0.722. The van der Waals surface area contributed by atoms with Gasteiger partial charge in [-0.1, -0.05) is 78.3 Å². The number of imidazole rings is 2. The van der Waals surface area contributed by atoms with Crippen molar-refractivity contribution in [2.75, 3.05) is 7.11 Å². The molecule has 2 aromatic heterocycles. The fourth-order valence-corrected chi connectivity index (χ4v) is 4.18. The van der Waals surface area contributed by atoms with Crippen molar-refractivity contribution in [3.63, 3.8) is 0 Å². The molecular formula is C32H27ClN4O. The Hall–Kier alpha value is -4.61. The normalized spacial score (nSPS) is 10.5. The average molecular weight is 519 g/mol. The number of H-pyrrole nitrogens is 2. The van der Waals surface area contributed by atoms with Crippen molar-refractivity contribution in [3.05, 3.63) is 126 Å². The molecule has 0 aliphatic rings. The predicted molar refractivity (Wildman–Crippen MR) is 155 cm³/mol. The largest absolute Gasteiger partial charge is 0.497 e. The van der Waals surface area contributed by atoms with Crippen LogP contribution in [-0.4, -0.2) is 27.0 Å². The van der Waals surface area contributed by atoms with Gasteiger partial charge in [-0.15, -0.1) is 0 Å². The van der Waals surface area contributed by atoms with Crippen LogP contribution in [-0.2, 0) is 0 Å². The standard InChI is InChI=1S/C16H13ClN2O.C16H14N2/c1-20-14-8-4-12(5-9-14)16-18-10-15(19-16)11-2-6-13(17)7-3-11;1-12-7-5-6-10-14(12)15-11-17-16(18-15)13-8-3-2-4-9-13/h2-10H,1H3,(H,18,19);2-11H,1H3,(H,17,18). The molecule has 0 saturated heterocycles. The van der Waals surface area contributed by atoms with E-state index in [0.29, 0.717) is 0 Å². The summed E-state index contributed by atoms with van der Waals surface area (Å²) in [7, 11) is 1.65. The summed E-state index contributed by atoms with van der Waals surface area (Å²) in [6.07, 6.45) is 3.85. The Bertz CT molecular complexity index is 1600. The second-order valence-electron chi connectivity index (χ2n) is 8.68. The Morgan fingerprint density at radius 3 is 1.82 bits per heavy atom. The maximum absolute atomic E-state index is 5.89. The van der Waals surface area contributed by atoms with Gasteiger partial charge in [-0.3, -0.25) is 0 Å². The van der Waals surface area contributed by atoms with Crippen LogP contribution in [0, 0.1) is 6.92 Å². The van der Waals surface area contributed by atoms with Gasteiger partial charge in [0, 0.05) is 39.7 Å². The molecule has 38 heavy (non-hydrogen) atoms. The molecule has 0 spiro atoms. The molecule has 6 aromatic rings. The van der Waals surface area contributed by atoms with Crippen LogP contribution in [0.1, 0.15) is 5.56 Å². The number of nitrogens with zero attached hydrogens (tertiary/aromatic N) is 2. The number of ether oxygens (including phenoxy) is 1. The molecule has 6 heteroatoms. The molecule has 0 bridgehead atoms. The Morgan fingerprint density at radius 1 is 0.605 bits per heavy atom. The number of halogens is 1. The molecule has 188 valence electrons. The van der Waals surface area contributed by atoms with Crippen molar-refractivity contribution in [2.24, 2.45) is 0 Å². The topological polar surface area (TPSA) is 66.6 Å². The van der Waals surface area contributed by atoms with Crippen molar-refractivity contribution in [1.29, 1.82) is 0 Å². The van der Waals surface area contributed by atoms with Crippen molar-refractivity contribution in [1.82, 2.24) is 19.9 Å². The van der Waals surface area contributed by atoms with Crippen LogP contribution < -0.4 is 4.74 Å². The molecule has 0 aliphatic carbocycles. The average Bonchev–Trinajstić information content (AvgIpc) is 3.66. The van der Waals surface area contributed by atoms with E-state index in [1.54, 1.807) is 7.11 Å². The van der Waals surface area contributed by atoms with E-state index >= 15 is 0 Å². The summed E-state index contributed by atoms with van der Waals surface area (Å²) in [4.78, 5) is 15.7. The first-order valence-corrected chi connectivity index (χ1v) is 12.6. The van der Waals surface area contributed by atoms with Gasteiger partial charge in [0.25, 0.3) is 0 Å². The number of methoxy groups -OCH3 is 1. The lowest BCUT2D eigenvalue weighted by atomic mass is 10.1. The number of hydrogen-bond donors (Lipinski definition) is 2. The van der Waals surface area contributed by atoms with Crippen molar-refractivity contribution >= 4 is 11.6 Å². The van der Waals surface area contributed by atoms with Gasteiger partial charge in [-0.05, 0) is 48.9 Å².